The van der Waals surface area contributed by atoms with Gasteiger partial charge < -0.3 is 0 Å². The normalized spacial score (nSPS) is 11.0. The summed E-state index contributed by atoms with van der Waals surface area (Å²) in [7, 11) is 0. The Hall–Kier alpha value is -2.49. The van der Waals surface area contributed by atoms with E-state index >= 15 is 0 Å². The van der Waals surface area contributed by atoms with Crippen molar-refractivity contribution in [2.75, 3.05) is 0 Å². The molecule has 0 spiro atoms. The molecule has 0 saturated heterocycles. The van der Waals surface area contributed by atoms with Gasteiger partial charge in [0, 0.05) is 11.1 Å². The van der Waals surface area contributed by atoms with Crippen molar-refractivity contribution in [1.82, 2.24) is 14.5 Å². The van der Waals surface area contributed by atoms with Crippen molar-refractivity contribution in [2.24, 2.45) is 0 Å². The minimum atomic E-state index is -0.264. The van der Waals surface area contributed by atoms with Crippen LogP contribution < -0.4 is 5.69 Å². The molecule has 22 heavy (non-hydrogen) atoms. The highest BCUT2D eigenvalue weighted by molar-refractivity contribution is 5.79. The van der Waals surface area contributed by atoms with Crippen LogP contribution in [-0.4, -0.2) is 14.5 Å². The molecule has 4 heteroatoms. The van der Waals surface area contributed by atoms with Gasteiger partial charge in [-0.25, -0.2) is 14.3 Å². The summed E-state index contributed by atoms with van der Waals surface area (Å²) < 4.78 is 1.63. The average molecular weight is 293 g/mol. The lowest BCUT2D eigenvalue weighted by Gasteiger charge is -2.14. The van der Waals surface area contributed by atoms with Crippen LogP contribution in [0.25, 0.3) is 16.7 Å². The first-order chi connectivity index (χ1) is 10.7. The van der Waals surface area contributed by atoms with Gasteiger partial charge in [0.05, 0.1) is 11.4 Å². The molecule has 0 bridgehead atoms. The van der Waals surface area contributed by atoms with Crippen molar-refractivity contribution < 1.29 is 0 Å². The van der Waals surface area contributed by atoms with Gasteiger partial charge in [0.2, 0.25) is 0 Å². The second kappa shape index (κ2) is 5.72. The Labute approximate surface area is 129 Å². The summed E-state index contributed by atoms with van der Waals surface area (Å²) in [5.74, 6) is 0. The van der Waals surface area contributed by atoms with Crippen LogP contribution in [0.2, 0.25) is 0 Å². The molecule has 112 valence electrons. The molecule has 0 atom stereocenters. The lowest BCUT2D eigenvalue weighted by Crippen LogP contribution is -2.25. The Kier molecular flexibility index (Phi) is 3.75. The molecule has 0 amide bonds. The highest BCUT2D eigenvalue weighted by Gasteiger charge is 2.13. The molecule has 1 aromatic carbocycles. The molecule has 3 aromatic rings. The van der Waals surface area contributed by atoms with Gasteiger partial charge in [0.25, 0.3) is 0 Å². The number of nitrogens with zero attached hydrogens (tertiary/aromatic N) is 3. The maximum absolute atomic E-state index is 12.6. The van der Waals surface area contributed by atoms with E-state index in [2.05, 4.69) is 11.9 Å². The van der Waals surface area contributed by atoms with Crippen LogP contribution in [0.4, 0.5) is 0 Å². The monoisotopic (exact) mass is 293 g/mol. The van der Waals surface area contributed by atoms with Crippen molar-refractivity contribution in [2.45, 2.75) is 33.6 Å². The Morgan fingerprint density at radius 1 is 1.00 bits per heavy atom. The van der Waals surface area contributed by atoms with E-state index in [1.807, 2.05) is 50.2 Å². The van der Waals surface area contributed by atoms with Crippen LogP contribution in [-0.2, 0) is 12.8 Å². The van der Waals surface area contributed by atoms with Crippen LogP contribution in [0.15, 0.2) is 41.2 Å². The van der Waals surface area contributed by atoms with E-state index in [-0.39, 0.29) is 5.69 Å². The summed E-state index contributed by atoms with van der Waals surface area (Å²) in [6, 6.07) is 11.9. The van der Waals surface area contributed by atoms with Gasteiger partial charge in [-0.15, -0.1) is 0 Å². The number of para-hydroxylation sites is 1. The maximum atomic E-state index is 12.6. The SMILES string of the molecule is CCc1ccc2c(CC)nc(=O)n(-c3ccccc3C)c2n1. The molecule has 0 N–H and O–H groups in total. The number of aryl methyl sites for hydroxylation is 3. The summed E-state index contributed by atoms with van der Waals surface area (Å²) >= 11 is 0. The molecule has 0 aliphatic carbocycles. The van der Waals surface area contributed by atoms with Crippen molar-refractivity contribution in [1.29, 1.82) is 0 Å². The molecule has 0 fully saturated rings. The van der Waals surface area contributed by atoms with E-state index in [9.17, 15) is 4.79 Å². The largest absolute Gasteiger partial charge is 0.354 e. The quantitative estimate of drug-likeness (QED) is 0.745. The van der Waals surface area contributed by atoms with E-state index in [1.54, 1.807) is 4.57 Å². The highest BCUT2D eigenvalue weighted by Crippen LogP contribution is 2.20. The van der Waals surface area contributed by atoms with Crippen LogP contribution in [0.5, 0.6) is 0 Å². The molecule has 0 aliphatic rings. The molecule has 0 saturated carbocycles. The van der Waals surface area contributed by atoms with Crippen molar-refractivity contribution in [3.8, 4) is 5.69 Å². The number of rotatable bonds is 3. The van der Waals surface area contributed by atoms with Crippen LogP contribution in [0.1, 0.15) is 30.8 Å². The van der Waals surface area contributed by atoms with E-state index in [1.165, 1.54) is 0 Å². The lowest BCUT2D eigenvalue weighted by molar-refractivity contribution is 0.884. The van der Waals surface area contributed by atoms with Gasteiger partial charge in [-0.2, -0.15) is 4.98 Å². The fraction of sp³-hybridized carbons (Fsp3) is 0.278. The Bertz CT molecular complexity index is 896. The zero-order valence-corrected chi connectivity index (χ0v) is 13.1. The highest BCUT2D eigenvalue weighted by atomic mass is 16.1. The first-order valence-electron chi connectivity index (χ1n) is 7.63. The van der Waals surface area contributed by atoms with E-state index in [0.29, 0.717) is 12.1 Å². The smallest absolute Gasteiger partial charge is 0.245 e. The summed E-state index contributed by atoms with van der Waals surface area (Å²) in [4.78, 5) is 21.5. The predicted octanol–water partition coefficient (Wildman–Crippen LogP) is 3.21. The van der Waals surface area contributed by atoms with Gasteiger partial charge >= 0.3 is 5.69 Å². The first-order valence-corrected chi connectivity index (χ1v) is 7.63. The summed E-state index contributed by atoms with van der Waals surface area (Å²) in [5, 5.41) is 0.947. The molecular formula is C18H19N3O. The Balaban J connectivity index is 2.46. The molecule has 3 rings (SSSR count). The standard InChI is InChI=1S/C18H19N3O/c1-4-13-10-11-14-15(5-2)20-18(22)21(17(14)19-13)16-9-7-6-8-12(16)3/h6-11H,4-5H2,1-3H3. The minimum Gasteiger partial charge on any atom is -0.245 e. The molecule has 0 unspecified atom stereocenters. The third kappa shape index (κ3) is 2.30. The fourth-order valence-electron chi connectivity index (χ4n) is 2.70. The van der Waals surface area contributed by atoms with Gasteiger partial charge in [-0.05, 0) is 43.5 Å². The molecule has 0 radical (unpaired) electrons. The van der Waals surface area contributed by atoms with Crippen molar-refractivity contribution in [3.05, 3.63) is 63.8 Å². The van der Waals surface area contributed by atoms with E-state index in [0.717, 1.165) is 34.4 Å². The third-order valence-corrected chi connectivity index (χ3v) is 3.93. The van der Waals surface area contributed by atoms with Gasteiger partial charge in [0.1, 0.15) is 0 Å². The Morgan fingerprint density at radius 2 is 1.77 bits per heavy atom. The zero-order chi connectivity index (χ0) is 15.7. The first kappa shape index (κ1) is 14.4. The molecule has 2 heterocycles. The second-order valence-electron chi connectivity index (χ2n) is 5.34. The Morgan fingerprint density at radius 3 is 2.45 bits per heavy atom. The van der Waals surface area contributed by atoms with E-state index < -0.39 is 0 Å². The zero-order valence-electron chi connectivity index (χ0n) is 13.1. The molecule has 0 aliphatic heterocycles. The van der Waals surface area contributed by atoms with Crippen LogP contribution in [0.3, 0.4) is 0 Å². The number of aromatic nitrogens is 3. The lowest BCUT2D eigenvalue weighted by atomic mass is 10.1. The van der Waals surface area contributed by atoms with Crippen LogP contribution >= 0.6 is 0 Å². The summed E-state index contributed by atoms with van der Waals surface area (Å²) in [6.45, 7) is 6.06. The van der Waals surface area contributed by atoms with Crippen molar-refractivity contribution >= 4 is 11.0 Å². The summed E-state index contributed by atoms with van der Waals surface area (Å²) in [5.41, 5.74) is 4.08. The van der Waals surface area contributed by atoms with E-state index in [4.69, 9.17) is 4.98 Å². The number of fused-ring (bicyclic) bond motifs is 1. The number of pyridine rings is 1. The number of benzene rings is 1. The summed E-state index contributed by atoms with van der Waals surface area (Å²) in [6.07, 6.45) is 1.55. The molecular weight excluding hydrogens is 274 g/mol. The number of hydrogen-bond acceptors (Lipinski definition) is 3. The maximum Gasteiger partial charge on any atom is 0.354 e. The second-order valence-corrected chi connectivity index (χ2v) is 5.34. The fourth-order valence-corrected chi connectivity index (χ4v) is 2.70. The molecule has 2 aromatic heterocycles. The predicted molar refractivity (Wildman–Crippen MR) is 88.6 cm³/mol. The molecule has 4 nitrogen and oxygen atoms in total. The average Bonchev–Trinajstić information content (AvgIpc) is 2.54. The van der Waals surface area contributed by atoms with Gasteiger partial charge in [-0.1, -0.05) is 32.0 Å². The third-order valence-electron chi connectivity index (χ3n) is 3.93. The topological polar surface area (TPSA) is 47.8 Å². The number of hydrogen-bond donors (Lipinski definition) is 0. The van der Waals surface area contributed by atoms with Gasteiger partial charge in [-0.3, -0.25) is 0 Å². The van der Waals surface area contributed by atoms with Crippen LogP contribution in [0, 0.1) is 6.92 Å². The van der Waals surface area contributed by atoms with Gasteiger partial charge in [0.15, 0.2) is 5.65 Å². The minimum absolute atomic E-state index is 0.264. The van der Waals surface area contributed by atoms with Crippen molar-refractivity contribution in [3.63, 3.8) is 0 Å².